The van der Waals surface area contributed by atoms with E-state index in [1.54, 1.807) is 31.2 Å². The molecule has 0 aromatic heterocycles. The number of carboxylic acids is 1. The van der Waals surface area contributed by atoms with Crippen LogP contribution in [0, 0.1) is 24.2 Å². The molecule has 1 unspecified atom stereocenters. The highest BCUT2D eigenvalue weighted by Crippen LogP contribution is 2.23. The van der Waals surface area contributed by atoms with Gasteiger partial charge in [-0.2, -0.15) is 5.26 Å². The number of nitrogens with zero attached hydrogens (tertiary/aromatic N) is 1. The predicted octanol–water partition coefficient (Wildman–Crippen LogP) is 3.08. The van der Waals surface area contributed by atoms with Gasteiger partial charge < -0.3 is 15.7 Å². The molecule has 24 heavy (non-hydrogen) atoms. The fraction of sp³-hybridized carbons (Fsp3) is 0.353. The van der Waals surface area contributed by atoms with Crippen molar-refractivity contribution >= 4 is 29.2 Å². The number of rotatable bonds is 7. The lowest BCUT2D eigenvalue weighted by molar-refractivity contribution is -0.139. The Morgan fingerprint density at radius 2 is 2.08 bits per heavy atom. The van der Waals surface area contributed by atoms with E-state index in [1.807, 2.05) is 13.8 Å². The number of nitriles is 1. The van der Waals surface area contributed by atoms with Gasteiger partial charge in [-0.15, -0.1) is 0 Å². The average Bonchev–Trinajstić information content (AvgIpc) is 2.50. The molecule has 3 N–H and O–H groups in total. The minimum Gasteiger partial charge on any atom is -0.480 e. The van der Waals surface area contributed by atoms with Crippen LogP contribution >= 0.6 is 11.6 Å². The zero-order chi connectivity index (χ0) is 18.3. The Kier molecular flexibility index (Phi) is 7.28. The van der Waals surface area contributed by atoms with Crippen molar-refractivity contribution < 1.29 is 14.7 Å². The molecule has 1 atom stereocenters. The summed E-state index contributed by atoms with van der Waals surface area (Å²) >= 11 is 5.99. The SMILES string of the molecule is Cc1c(Cl)cccc1NC(=O)/C(C#N)=C\NC(CC(C)C)C(=O)O. The van der Waals surface area contributed by atoms with E-state index in [9.17, 15) is 9.59 Å². The van der Waals surface area contributed by atoms with Gasteiger partial charge in [0.1, 0.15) is 17.7 Å². The van der Waals surface area contributed by atoms with Crippen LogP contribution in [0.15, 0.2) is 30.0 Å². The Morgan fingerprint density at radius 3 is 2.62 bits per heavy atom. The van der Waals surface area contributed by atoms with Crippen molar-refractivity contribution in [3.8, 4) is 6.07 Å². The van der Waals surface area contributed by atoms with Gasteiger partial charge in [0.15, 0.2) is 0 Å². The first-order valence-corrected chi connectivity index (χ1v) is 7.79. The normalized spacial score (nSPS) is 12.4. The maximum atomic E-state index is 12.2. The molecule has 0 aliphatic carbocycles. The molecule has 0 fully saturated rings. The first-order valence-electron chi connectivity index (χ1n) is 7.41. The third-order valence-corrected chi connectivity index (χ3v) is 3.72. The first kappa shape index (κ1) is 19.5. The van der Waals surface area contributed by atoms with Crippen LogP contribution in [0.25, 0.3) is 0 Å². The van der Waals surface area contributed by atoms with Crippen molar-refractivity contribution in [1.29, 1.82) is 5.26 Å². The van der Waals surface area contributed by atoms with Gasteiger partial charge in [0.05, 0.1) is 0 Å². The standard InChI is InChI=1S/C17H20ClN3O3/c1-10(2)7-15(17(23)24)20-9-12(8-19)16(22)21-14-6-4-5-13(18)11(14)3/h4-6,9-10,15,20H,7H2,1-3H3,(H,21,22)(H,23,24)/b12-9-. The van der Waals surface area contributed by atoms with E-state index in [-0.39, 0.29) is 11.5 Å². The van der Waals surface area contributed by atoms with Gasteiger partial charge in [0.2, 0.25) is 0 Å². The van der Waals surface area contributed by atoms with Crippen molar-refractivity contribution in [2.24, 2.45) is 5.92 Å². The third kappa shape index (κ3) is 5.60. The highest BCUT2D eigenvalue weighted by atomic mass is 35.5. The molecule has 0 radical (unpaired) electrons. The summed E-state index contributed by atoms with van der Waals surface area (Å²) in [5.41, 5.74) is 0.955. The Labute approximate surface area is 146 Å². The van der Waals surface area contributed by atoms with E-state index in [4.69, 9.17) is 22.0 Å². The summed E-state index contributed by atoms with van der Waals surface area (Å²) in [4.78, 5) is 23.4. The van der Waals surface area contributed by atoms with Crippen molar-refractivity contribution in [3.63, 3.8) is 0 Å². The largest absolute Gasteiger partial charge is 0.480 e. The average molecular weight is 350 g/mol. The Bertz CT molecular complexity index is 693. The summed E-state index contributed by atoms with van der Waals surface area (Å²) in [7, 11) is 0. The molecule has 0 heterocycles. The molecule has 0 saturated carbocycles. The highest BCUT2D eigenvalue weighted by molar-refractivity contribution is 6.31. The minimum absolute atomic E-state index is 0.153. The van der Waals surface area contributed by atoms with E-state index in [0.29, 0.717) is 22.7 Å². The van der Waals surface area contributed by atoms with Crippen LogP contribution in [0.5, 0.6) is 0 Å². The van der Waals surface area contributed by atoms with Crippen LogP contribution in [0.4, 0.5) is 5.69 Å². The first-order chi connectivity index (χ1) is 11.3. The number of aliphatic carboxylic acids is 1. The molecule has 1 aromatic rings. The number of carboxylic acid groups (broad SMARTS) is 1. The maximum absolute atomic E-state index is 12.2. The maximum Gasteiger partial charge on any atom is 0.326 e. The van der Waals surface area contributed by atoms with Crippen LogP contribution in [0.2, 0.25) is 5.02 Å². The van der Waals surface area contributed by atoms with Gasteiger partial charge in [-0.1, -0.05) is 31.5 Å². The summed E-state index contributed by atoms with van der Waals surface area (Å²) in [6, 6.07) is 5.94. The zero-order valence-electron chi connectivity index (χ0n) is 13.8. The van der Waals surface area contributed by atoms with Crippen LogP contribution < -0.4 is 10.6 Å². The molecule has 1 rings (SSSR count). The predicted molar refractivity (Wildman–Crippen MR) is 92.5 cm³/mol. The summed E-state index contributed by atoms with van der Waals surface area (Å²) in [6.07, 6.45) is 1.51. The molecule has 0 bridgehead atoms. The zero-order valence-corrected chi connectivity index (χ0v) is 14.5. The van der Waals surface area contributed by atoms with Gasteiger partial charge >= 0.3 is 5.97 Å². The molecule has 0 saturated heterocycles. The van der Waals surface area contributed by atoms with Crippen LogP contribution in [0.1, 0.15) is 25.8 Å². The second-order valence-electron chi connectivity index (χ2n) is 5.72. The number of halogens is 1. The Hall–Kier alpha value is -2.52. The van der Waals surface area contributed by atoms with Crippen LogP contribution in [-0.4, -0.2) is 23.0 Å². The second-order valence-corrected chi connectivity index (χ2v) is 6.13. The fourth-order valence-electron chi connectivity index (χ4n) is 1.98. The van der Waals surface area contributed by atoms with Crippen molar-refractivity contribution in [2.75, 3.05) is 5.32 Å². The lowest BCUT2D eigenvalue weighted by Crippen LogP contribution is -2.35. The van der Waals surface area contributed by atoms with E-state index in [0.717, 1.165) is 6.20 Å². The molecule has 6 nitrogen and oxygen atoms in total. The van der Waals surface area contributed by atoms with Crippen molar-refractivity contribution in [2.45, 2.75) is 33.2 Å². The number of amides is 1. The van der Waals surface area contributed by atoms with Crippen LogP contribution in [-0.2, 0) is 9.59 Å². The molecule has 0 aliphatic rings. The molecule has 0 spiro atoms. The lowest BCUT2D eigenvalue weighted by atomic mass is 10.0. The molecular formula is C17H20ClN3O3. The van der Waals surface area contributed by atoms with Gasteiger partial charge in [0.25, 0.3) is 5.91 Å². The number of anilines is 1. The summed E-state index contributed by atoms with van der Waals surface area (Å²) in [5, 5.41) is 24.0. The second kappa shape index (κ2) is 8.94. The monoisotopic (exact) mass is 349 g/mol. The summed E-state index contributed by atoms with van der Waals surface area (Å²) in [5.74, 6) is -1.52. The van der Waals surface area contributed by atoms with E-state index < -0.39 is 17.9 Å². The van der Waals surface area contributed by atoms with E-state index in [2.05, 4.69) is 10.6 Å². The minimum atomic E-state index is -1.04. The Balaban J connectivity index is 2.88. The van der Waals surface area contributed by atoms with Gasteiger partial charge in [-0.3, -0.25) is 4.79 Å². The van der Waals surface area contributed by atoms with Crippen molar-refractivity contribution in [3.05, 3.63) is 40.6 Å². The molecule has 128 valence electrons. The number of carbonyl (C=O) groups is 2. The summed E-state index contributed by atoms with van der Waals surface area (Å²) in [6.45, 7) is 5.53. The van der Waals surface area contributed by atoms with Gasteiger partial charge in [-0.05, 0) is 37.0 Å². The molecule has 1 aromatic carbocycles. The lowest BCUT2D eigenvalue weighted by Gasteiger charge is -2.15. The van der Waals surface area contributed by atoms with Crippen LogP contribution in [0.3, 0.4) is 0 Å². The van der Waals surface area contributed by atoms with Crippen molar-refractivity contribution in [1.82, 2.24) is 5.32 Å². The number of hydrogen-bond acceptors (Lipinski definition) is 4. The number of hydrogen-bond donors (Lipinski definition) is 3. The molecule has 1 amide bonds. The number of carbonyl (C=O) groups excluding carboxylic acids is 1. The topological polar surface area (TPSA) is 102 Å². The fourth-order valence-corrected chi connectivity index (χ4v) is 2.15. The molecule has 0 aliphatic heterocycles. The number of nitrogens with one attached hydrogen (secondary N) is 2. The third-order valence-electron chi connectivity index (χ3n) is 3.32. The summed E-state index contributed by atoms with van der Waals surface area (Å²) < 4.78 is 0. The smallest absolute Gasteiger partial charge is 0.326 e. The van der Waals surface area contributed by atoms with Gasteiger partial charge in [0, 0.05) is 16.9 Å². The molecule has 7 heteroatoms. The number of benzene rings is 1. The highest BCUT2D eigenvalue weighted by Gasteiger charge is 2.18. The molecular weight excluding hydrogens is 330 g/mol. The Morgan fingerprint density at radius 1 is 1.42 bits per heavy atom. The quantitative estimate of drug-likeness (QED) is 0.518. The van der Waals surface area contributed by atoms with Gasteiger partial charge in [-0.25, -0.2) is 4.79 Å². The van der Waals surface area contributed by atoms with E-state index >= 15 is 0 Å². The van der Waals surface area contributed by atoms with E-state index in [1.165, 1.54) is 0 Å².